The van der Waals surface area contributed by atoms with Gasteiger partial charge in [0, 0.05) is 19.3 Å². The van der Waals surface area contributed by atoms with Crippen molar-refractivity contribution in [1.29, 1.82) is 0 Å². The molecule has 0 aromatic carbocycles. The van der Waals surface area contributed by atoms with E-state index in [1.54, 1.807) is 0 Å². The van der Waals surface area contributed by atoms with Gasteiger partial charge in [-0.25, -0.2) is 0 Å². The van der Waals surface area contributed by atoms with Gasteiger partial charge in [0.2, 0.25) is 0 Å². The Bertz CT molecular complexity index is 250. The third-order valence-corrected chi connectivity index (χ3v) is 3.23. The summed E-state index contributed by atoms with van der Waals surface area (Å²) in [6.45, 7) is 11.9. The van der Waals surface area contributed by atoms with Crippen molar-refractivity contribution in [1.82, 2.24) is 4.90 Å². The summed E-state index contributed by atoms with van der Waals surface area (Å²) >= 11 is 0. The second kappa shape index (κ2) is 4.68. The standard InChI is InChI=1S/C13H23N/c1-6-14(5)13-8-7-11(4)9-12(13)10(2)3/h11H,2,6-9H2,1,3-5H3. The van der Waals surface area contributed by atoms with E-state index in [-0.39, 0.29) is 0 Å². The number of rotatable bonds is 3. The number of nitrogens with zero attached hydrogens (tertiary/aromatic N) is 1. The van der Waals surface area contributed by atoms with Crippen LogP contribution in [0.4, 0.5) is 0 Å². The number of hydrogen-bond donors (Lipinski definition) is 0. The highest BCUT2D eigenvalue weighted by atomic mass is 15.1. The van der Waals surface area contributed by atoms with E-state index in [1.807, 2.05) is 0 Å². The molecule has 0 bridgehead atoms. The van der Waals surface area contributed by atoms with Gasteiger partial charge in [0.25, 0.3) is 0 Å². The highest BCUT2D eigenvalue weighted by molar-refractivity contribution is 5.33. The molecule has 0 saturated carbocycles. The van der Waals surface area contributed by atoms with Gasteiger partial charge in [-0.1, -0.05) is 19.1 Å². The average molecular weight is 193 g/mol. The lowest BCUT2D eigenvalue weighted by molar-refractivity contribution is 0.371. The van der Waals surface area contributed by atoms with Crippen LogP contribution >= 0.6 is 0 Å². The fourth-order valence-electron chi connectivity index (χ4n) is 2.14. The van der Waals surface area contributed by atoms with Crippen molar-refractivity contribution in [2.24, 2.45) is 5.92 Å². The zero-order chi connectivity index (χ0) is 10.7. The zero-order valence-corrected chi connectivity index (χ0v) is 10.1. The van der Waals surface area contributed by atoms with Gasteiger partial charge in [-0.2, -0.15) is 0 Å². The third kappa shape index (κ3) is 2.40. The summed E-state index contributed by atoms with van der Waals surface area (Å²) in [6.07, 6.45) is 3.78. The normalized spacial score (nSPS) is 22.4. The summed E-state index contributed by atoms with van der Waals surface area (Å²) < 4.78 is 0. The first-order chi connectivity index (χ1) is 6.56. The van der Waals surface area contributed by atoms with Crippen LogP contribution < -0.4 is 0 Å². The Kier molecular flexibility index (Phi) is 3.79. The molecule has 1 rings (SSSR count). The molecule has 0 amide bonds. The Balaban J connectivity index is 2.93. The molecule has 1 aliphatic carbocycles. The first-order valence-electron chi connectivity index (χ1n) is 5.65. The molecule has 0 radical (unpaired) electrons. The highest BCUT2D eigenvalue weighted by Gasteiger charge is 2.19. The van der Waals surface area contributed by atoms with Gasteiger partial charge in [-0.05, 0) is 44.6 Å². The number of allylic oxidation sites excluding steroid dienone is 3. The summed E-state index contributed by atoms with van der Waals surface area (Å²) in [6, 6.07) is 0. The summed E-state index contributed by atoms with van der Waals surface area (Å²) in [4.78, 5) is 2.37. The highest BCUT2D eigenvalue weighted by Crippen LogP contribution is 2.33. The minimum Gasteiger partial charge on any atom is -0.378 e. The van der Waals surface area contributed by atoms with Gasteiger partial charge in [0.15, 0.2) is 0 Å². The minimum absolute atomic E-state index is 0.829. The maximum atomic E-state index is 4.10. The molecule has 0 aromatic rings. The van der Waals surface area contributed by atoms with Crippen LogP contribution in [-0.2, 0) is 0 Å². The van der Waals surface area contributed by atoms with E-state index >= 15 is 0 Å². The van der Waals surface area contributed by atoms with E-state index in [0.29, 0.717) is 0 Å². The summed E-state index contributed by atoms with van der Waals surface area (Å²) in [5, 5.41) is 0. The first-order valence-corrected chi connectivity index (χ1v) is 5.65. The molecule has 1 atom stereocenters. The molecule has 14 heavy (non-hydrogen) atoms. The Hall–Kier alpha value is -0.720. The molecule has 0 saturated heterocycles. The van der Waals surface area contributed by atoms with Gasteiger partial charge >= 0.3 is 0 Å². The summed E-state index contributed by atoms with van der Waals surface area (Å²) in [5.74, 6) is 0.829. The molecule has 0 spiro atoms. The summed E-state index contributed by atoms with van der Waals surface area (Å²) in [7, 11) is 2.19. The molecular formula is C13H23N. The van der Waals surface area contributed by atoms with Gasteiger partial charge in [0.05, 0.1) is 0 Å². The predicted octanol–water partition coefficient (Wildman–Crippen LogP) is 3.59. The Labute approximate surface area is 88.5 Å². The van der Waals surface area contributed by atoms with Crippen molar-refractivity contribution in [3.63, 3.8) is 0 Å². The van der Waals surface area contributed by atoms with Gasteiger partial charge in [0.1, 0.15) is 0 Å². The second-order valence-electron chi connectivity index (χ2n) is 4.57. The van der Waals surface area contributed by atoms with Crippen molar-refractivity contribution in [3.05, 3.63) is 23.4 Å². The number of hydrogen-bond acceptors (Lipinski definition) is 1. The third-order valence-electron chi connectivity index (χ3n) is 3.23. The predicted molar refractivity (Wildman–Crippen MR) is 63.2 cm³/mol. The molecule has 0 aromatic heterocycles. The van der Waals surface area contributed by atoms with Crippen molar-refractivity contribution >= 4 is 0 Å². The van der Waals surface area contributed by atoms with E-state index in [2.05, 4.69) is 39.3 Å². The van der Waals surface area contributed by atoms with Crippen LogP contribution in [0.2, 0.25) is 0 Å². The SMILES string of the molecule is C=C(C)C1=C(N(C)CC)CCC(C)C1. The van der Waals surface area contributed by atoms with Crippen LogP contribution in [0, 0.1) is 5.92 Å². The van der Waals surface area contributed by atoms with Gasteiger partial charge in [-0.3, -0.25) is 0 Å². The lowest BCUT2D eigenvalue weighted by atomic mass is 9.85. The molecule has 0 heterocycles. The average Bonchev–Trinajstić information content (AvgIpc) is 2.16. The Morgan fingerprint density at radius 2 is 2.21 bits per heavy atom. The molecule has 1 heteroatoms. The lowest BCUT2D eigenvalue weighted by Gasteiger charge is -2.31. The second-order valence-corrected chi connectivity index (χ2v) is 4.57. The summed E-state index contributed by atoms with van der Waals surface area (Å²) in [5.41, 5.74) is 4.29. The van der Waals surface area contributed by atoms with Crippen molar-refractivity contribution in [2.75, 3.05) is 13.6 Å². The van der Waals surface area contributed by atoms with Crippen LogP contribution in [-0.4, -0.2) is 18.5 Å². The van der Waals surface area contributed by atoms with E-state index in [9.17, 15) is 0 Å². The minimum atomic E-state index is 0.829. The quantitative estimate of drug-likeness (QED) is 0.662. The van der Waals surface area contributed by atoms with E-state index < -0.39 is 0 Å². The van der Waals surface area contributed by atoms with E-state index in [4.69, 9.17) is 0 Å². The fraction of sp³-hybridized carbons (Fsp3) is 0.692. The molecule has 0 fully saturated rings. The van der Waals surface area contributed by atoms with Crippen LogP contribution in [0.3, 0.4) is 0 Å². The van der Waals surface area contributed by atoms with E-state index in [0.717, 1.165) is 12.5 Å². The van der Waals surface area contributed by atoms with Crippen molar-refractivity contribution < 1.29 is 0 Å². The molecular weight excluding hydrogens is 170 g/mol. The smallest absolute Gasteiger partial charge is 0.0165 e. The Morgan fingerprint density at radius 1 is 1.57 bits per heavy atom. The largest absolute Gasteiger partial charge is 0.378 e. The molecule has 1 nitrogen and oxygen atoms in total. The first kappa shape index (κ1) is 11.4. The van der Waals surface area contributed by atoms with Gasteiger partial charge in [-0.15, -0.1) is 0 Å². The maximum Gasteiger partial charge on any atom is 0.0165 e. The van der Waals surface area contributed by atoms with Crippen molar-refractivity contribution in [3.8, 4) is 0 Å². The molecule has 1 unspecified atom stereocenters. The van der Waals surface area contributed by atoms with Crippen LogP contribution in [0.25, 0.3) is 0 Å². The maximum absolute atomic E-state index is 4.10. The Morgan fingerprint density at radius 3 is 2.71 bits per heavy atom. The molecule has 0 N–H and O–H groups in total. The molecule has 80 valence electrons. The monoisotopic (exact) mass is 193 g/mol. The van der Waals surface area contributed by atoms with Crippen LogP contribution in [0.1, 0.15) is 40.0 Å². The van der Waals surface area contributed by atoms with Crippen molar-refractivity contribution in [2.45, 2.75) is 40.0 Å². The van der Waals surface area contributed by atoms with Crippen LogP contribution in [0.15, 0.2) is 23.4 Å². The van der Waals surface area contributed by atoms with Gasteiger partial charge < -0.3 is 4.90 Å². The molecule has 0 aliphatic heterocycles. The fourth-order valence-corrected chi connectivity index (χ4v) is 2.14. The molecule has 1 aliphatic rings. The van der Waals surface area contributed by atoms with Crippen LogP contribution in [0.5, 0.6) is 0 Å². The van der Waals surface area contributed by atoms with E-state index in [1.165, 1.54) is 36.1 Å². The lowest BCUT2D eigenvalue weighted by Crippen LogP contribution is -2.23. The topological polar surface area (TPSA) is 3.24 Å². The zero-order valence-electron chi connectivity index (χ0n) is 10.1.